The highest BCUT2D eigenvalue weighted by molar-refractivity contribution is 7.98. The summed E-state index contributed by atoms with van der Waals surface area (Å²) in [6.45, 7) is 2.00. The third-order valence-electron chi connectivity index (χ3n) is 3.74. The number of thioether (sulfide) groups is 1. The van der Waals surface area contributed by atoms with E-state index in [0.29, 0.717) is 0 Å². The second-order valence-corrected chi connectivity index (χ2v) is 6.75. The molecule has 25 heavy (non-hydrogen) atoms. The lowest BCUT2D eigenvalue weighted by Gasteiger charge is -2.05. The lowest BCUT2D eigenvalue weighted by atomic mass is 10.2. The zero-order valence-electron chi connectivity index (χ0n) is 13.7. The highest BCUT2D eigenvalue weighted by atomic mass is 32.2. The number of nitrogens with zero attached hydrogens (tertiary/aromatic N) is 3. The number of hydrogen-bond donors (Lipinski definition) is 2. The van der Waals surface area contributed by atoms with Crippen molar-refractivity contribution in [2.45, 2.75) is 17.6 Å². The van der Waals surface area contributed by atoms with Gasteiger partial charge in [0.25, 0.3) is 0 Å². The molecule has 0 atom stereocenters. The van der Waals surface area contributed by atoms with Crippen molar-refractivity contribution in [3.8, 4) is 0 Å². The molecule has 0 bridgehead atoms. The van der Waals surface area contributed by atoms with E-state index in [1.165, 1.54) is 4.90 Å². The molecule has 0 spiro atoms. The molecule has 4 aromatic rings. The first-order valence-electron chi connectivity index (χ1n) is 7.97. The van der Waals surface area contributed by atoms with Crippen molar-refractivity contribution in [2.75, 3.05) is 5.32 Å². The summed E-state index contributed by atoms with van der Waals surface area (Å²) >= 11 is 1.75. The number of aromatic amines is 1. The summed E-state index contributed by atoms with van der Waals surface area (Å²) in [5, 5.41) is 3.36. The minimum Gasteiger partial charge on any atom is -0.355 e. The van der Waals surface area contributed by atoms with Crippen molar-refractivity contribution < 1.29 is 0 Å². The van der Waals surface area contributed by atoms with Crippen LogP contribution in [0.25, 0.3) is 11.0 Å². The quantitative estimate of drug-likeness (QED) is 0.512. The number of pyridine rings is 2. The molecule has 0 aliphatic rings. The Morgan fingerprint density at radius 3 is 2.72 bits per heavy atom. The molecule has 124 valence electrons. The summed E-state index contributed by atoms with van der Waals surface area (Å²) in [7, 11) is 0. The molecule has 1 aromatic carbocycles. The normalized spacial score (nSPS) is 10.9. The number of rotatable bonds is 5. The van der Waals surface area contributed by atoms with Crippen LogP contribution in [0.4, 0.5) is 11.4 Å². The Balaban J connectivity index is 1.50. The molecule has 0 unspecified atom stereocenters. The van der Waals surface area contributed by atoms with Crippen molar-refractivity contribution in [2.24, 2.45) is 0 Å². The van der Waals surface area contributed by atoms with E-state index in [1.54, 1.807) is 24.2 Å². The van der Waals surface area contributed by atoms with Gasteiger partial charge in [-0.2, -0.15) is 0 Å². The summed E-state index contributed by atoms with van der Waals surface area (Å²) in [6, 6.07) is 14.1. The maximum Gasteiger partial charge on any atom is 0.117 e. The summed E-state index contributed by atoms with van der Waals surface area (Å²) in [5.74, 6) is 1.76. The third-order valence-corrected chi connectivity index (χ3v) is 4.75. The number of benzene rings is 1. The molecule has 0 fully saturated rings. The van der Waals surface area contributed by atoms with Crippen LogP contribution in [0.1, 0.15) is 11.5 Å². The van der Waals surface area contributed by atoms with Gasteiger partial charge in [-0.3, -0.25) is 9.97 Å². The van der Waals surface area contributed by atoms with Crippen molar-refractivity contribution in [1.29, 1.82) is 0 Å². The van der Waals surface area contributed by atoms with E-state index in [2.05, 4.69) is 38.5 Å². The van der Waals surface area contributed by atoms with E-state index in [0.717, 1.165) is 39.7 Å². The number of hydrogen-bond acceptors (Lipinski definition) is 5. The van der Waals surface area contributed by atoms with Crippen molar-refractivity contribution in [1.82, 2.24) is 19.9 Å². The van der Waals surface area contributed by atoms with Gasteiger partial charge in [0, 0.05) is 40.6 Å². The monoisotopic (exact) mass is 347 g/mol. The molecule has 3 heterocycles. The molecule has 0 saturated carbocycles. The van der Waals surface area contributed by atoms with E-state index >= 15 is 0 Å². The fourth-order valence-corrected chi connectivity index (χ4v) is 3.42. The lowest BCUT2D eigenvalue weighted by molar-refractivity contribution is 1.13. The number of nitrogens with one attached hydrogen (secondary N) is 2. The average Bonchev–Trinajstić information content (AvgIpc) is 3.03. The predicted octanol–water partition coefficient (Wildman–Crippen LogP) is 4.70. The molecular formula is C19H17N5S. The smallest absolute Gasteiger partial charge is 0.117 e. The van der Waals surface area contributed by atoms with Gasteiger partial charge in [0.15, 0.2) is 0 Å². The standard InChI is InChI=1S/C19H17N5S/c1-13-10-16(6-9-21-13)25-12-19-23-17-3-2-15(11-18(17)24-19)22-14-4-7-20-8-5-14/h2-11H,12H2,1H3,(H,20,22)(H,23,24). The van der Waals surface area contributed by atoms with Crippen LogP contribution in [0.2, 0.25) is 0 Å². The van der Waals surface area contributed by atoms with Crippen LogP contribution >= 0.6 is 11.8 Å². The third kappa shape index (κ3) is 3.80. The number of fused-ring (bicyclic) bond motifs is 1. The highest BCUT2D eigenvalue weighted by Crippen LogP contribution is 2.25. The minimum absolute atomic E-state index is 0.797. The van der Waals surface area contributed by atoms with Crippen LogP contribution in [0, 0.1) is 6.92 Å². The molecule has 0 aliphatic carbocycles. The summed E-state index contributed by atoms with van der Waals surface area (Å²) < 4.78 is 0. The van der Waals surface area contributed by atoms with Gasteiger partial charge < -0.3 is 10.3 Å². The second kappa shape index (κ2) is 6.94. The molecule has 4 rings (SSSR count). The van der Waals surface area contributed by atoms with E-state index < -0.39 is 0 Å². The molecule has 0 aliphatic heterocycles. The number of aromatic nitrogens is 4. The molecule has 2 N–H and O–H groups in total. The summed E-state index contributed by atoms with van der Waals surface area (Å²) in [5.41, 5.74) is 5.05. The molecule has 5 nitrogen and oxygen atoms in total. The fourth-order valence-electron chi connectivity index (χ4n) is 2.57. The second-order valence-electron chi connectivity index (χ2n) is 5.70. The molecular weight excluding hydrogens is 330 g/mol. The Hall–Kier alpha value is -2.86. The first-order chi connectivity index (χ1) is 12.3. The number of H-pyrrole nitrogens is 1. The van der Waals surface area contributed by atoms with Crippen LogP contribution in [-0.2, 0) is 5.75 Å². The van der Waals surface area contributed by atoms with Gasteiger partial charge in [0.2, 0.25) is 0 Å². The van der Waals surface area contributed by atoms with Crippen molar-refractivity contribution in [3.63, 3.8) is 0 Å². The maximum absolute atomic E-state index is 4.71. The van der Waals surface area contributed by atoms with Crippen LogP contribution in [0.3, 0.4) is 0 Å². The zero-order chi connectivity index (χ0) is 17.1. The Kier molecular flexibility index (Phi) is 4.35. The minimum atomic E-state index is 0.797. The van der Waals surface area contributed by atoms with Gasteiger partial charge in [-0.15, -0.1) is 11.8 Å². The van der Waals surface area contributed by atoms with Gasteiger partial charge in [0.1, 0.15) is 5.82 Å². The Morgan fingerprint density at radius 1 is 1.00 bits per heavy atom. The van der Waals surface area contributed by atoms with Gasteiger partial charge in [0.05, 0.1) is 16.8 Å². The Labute approximate surface area is 149 Å². The number of aryl methyl sites for hydroxylation is 1. The van der Waals surface area contributed by atoms with E-state index in [4.69, 9.17) is 4.98 Å². The van der Waals surface area contributed by atoms with Gasteiger partial charge in [-0.1, -0.05) is 0 Å². The average molecular weight is 347 g/mol. The lowest BCUT2D eigenvalue weighted by Crippen LogP contribution is -1.89. The van der Waals surface area contributed by atoms with E-state index in [9.17, 15) is 0 Å². The van der Waals surface area contributed by atoms with E-state index in [1.807, 2.05) is 37.4 Å². The predicted molar refractivity (Wildman–Crippen MR) is 102 cm³/mol. The van der Waals surface area contributed by atoms with Gasteiger partial charge in [-0.25, -0.2) is 4.98 Å². The highest BCUT2D eigenvalue weighted by Gasteiger charge is 2.05. The van der Waals surface area contributed by atoms with Crippen LogP contribution in [-0.4, -0.2) is 19.9 Å². The van der Waals surface area contributed by atoms with E-state index in [-0.39, 0.29) is 0 Å². The Morgan fingerprint density at radius 2 is 1.88 bits per heavy atom. The van der Waals surface area contributed by atoms with Gasteiger partial charge >= 0.3 is 0 Å². The molecule has 3 aromatic heterocycles. The molecule has 0 amide bonds. The number of anilines is 2. The zero-order valence-corrected chi connectivity index (χ0v) is 14.5. The van der Waals surface area contributed by atoms with Gasteiger partial charge in [-0.05, 0) is 49.4 Å². The Bertz CT molecular complexity index is 997. The number of imidazole rings is 1. The maximum atomic E-state index is 4.71. The first kappa shape index (κ1) is 15.7. The van der Waals surface area contributed by atoms with Crippen molar-refractivity contribution in [3.05, 3.63) is 72.6 Å². The largest absolute Gasteiger partial charge is 0.355 e. The first-order valence-corrected chi connectivity index (χ1v) is 8.96. The molecule has 0 radical (unpaired) electrons. The topological polar surface area (TPSA) is 66.5 Å². The summed E-state index contributed by atoms with van der Waals surface area (Å²) in [6.07, 6.45) is 5.38. The molecule has 0 saturated heterocycles. The fraction of sp³-hybridized carbons (Fsp3) is 0.105. The van der Waals surface area contributed by atoms with Crippen LogP contribution in [0.5, 0.6) is 0 Å². The SMILES string of the molecule is Cc1cc(SCc2nc3cc(Nc4ccncc4)ccc3[nH]2)ccn1. The van der Waals surface area contributed by atoms with Crippen LogP contribution in [0.15, 0.2) is 66.0 Å². The molecule has 6 heteroatoms. The van der Waals surface area contributed by atoms with Crippen LogP contribution < -0.4 is 5.32 Å². The summed E-state index contributed by atoms with van der Waals surface area (Å²) in [4.78, 5) is 17.5. The van der Waals surface area contributed by atoms with Crippen molar-refractivity contribution >= 4 is 34.2 Å².